The van der Waals surface area contributed by atoms with E-state index in [1.807, 2.05) is 4.90 Å². The number of allylic oxidation sites excluding steroid dienone is 1. The van der Waals surface area contributed by atoms with Gasteiger partial charge in [0, 0.05) is 25.5 Å². The Morgan fingerprint density at radius 3 is 2.68 bits per heavy atom. The van der Waals surface area contributed by atoms with E-state index in [-0.39, 0.29) is 11.5 Å². The van der Waals surface area contributed by atoms with Gasteiger partial charge in [-0.3, -0.25) is 4.79 Å². The highest BCUT2D eigenvalue weighted by Gasteiger charge is 2.30. The average molecular weight is 332 g/mol. The predicted octanol–water partition coefficient (Wildman–Crippen LogP) is 2.61. The maximum absolute atomic E-state index is 12.4. The third-order valence-electron chi connectivity index (χ3n) is 2.94. The van der Waals surface area contributed by atoms with Gasteiger partial charge in [-0.1, -0.05) is 11.8 Å². The lowest BCUT2D eigenvalue weighted by Gasteiger charge is -2.24. The van der Waals surface area contributed by atoms with Crippen molar-refractivity contribution in [3.63, 3.8) is 0 Å². The number of carbonyl (C=O) groups is 1. The van der Waals surface area contributed by atoms with E-state index in [4.69, 9.17) is 4.74 Å². The molecule has 0 aliphatic carbocycles. The first-order valence-electron chi connectivity index (χ1n) is 6.64. The molecular weight excluding hydrogens is 317 g/mol. The van der Waals surface area contributed by atoms with Crippen LogP contribution in [0.5, 0.6) is 0 Å². The van der Waals surface area contributed by atoms with Crippen LogP contribution in [0.2, 0.25) is 0 Å². The fourth-order valence-electron chi connectivity index (χ4n) is 1.74. The molecule has 0 spiro atoms. The van der Waals surface area contributed by atoms with Crippen LogP contribution < -0.4 is 0 Å². The highest BCUT2D eigenvalue weighted by Crippen LogP contribution is 2.29. The van der Waals surface area contributed by atoms with Gasteiger partial charge in [0.2, 0.25) is 0 Å². The smallest absolute Gasteiger partial charge is 0.378 e. The van der Waals surface area contributed by atoms with E-state index in [2.05, 4.69) is 4.98 Å². The van der Waals surface area contributed by atoms with Crippen molar-refractivity contribution < 1.29 is 22.7 Å². The van der Waals surface area contributed by atoms with Gasteiger partial charge in [-0.25, -0.2) is 4.98 Å². The molecule has 0 aromatic carbocycles. The first-order valence-corrected chi connectivity index (χ1v) is 7.62. The minimum absolute atomic E-state index is 0.113. The SMILES string of the molecule is O=C(/C=C\N1CCOCC1)CSc1ccc(C(F)(F)F)cn1. The molecule has 1 fully saturated rings. The number of alkyl halides is 3. The number of halogens is 3. The molecule has 0 amide bonds. The second-order valence-corrected chi connectivity index (χ2v) is 5.60. The third kappa shape index (κ3) is 5.34. The number of pyridine rings is 1. The van der Waals surface area contributed by atoms with Crippen LogP contribution in [0, 0.1) is 0 Å². The third-order valence-corrected chi connectivity index (χ3v) is 3.91. The Hall–Kier alpha value is -1.54. The quantitative estimate of drug-likeness (QED) is 0.612. The molecule has 120 valence electrons. The fourth-order valence-corrected chi connectivity index (χ4v) is 2.42. The van der Waals surface area contributed by atoms with Crippen LogP contribution in [-0.4, -0.2) is 47.7 Å². The summed E-state index contributed by atoms with van der Waals surface area (Å²) in [6.07, 6.45) is -0.419. The van der Waals surface area contributed by atoms with E-state index in [9.17, 15) is 18.0 Å². The van der Waals surface area contributed by atoms with Crippen LogP contribution in [-0.2, 0) is 15.7 Å². The lowest BCUT2D eigenvalue weighted by molar-refractivity contribution is -0.137. The molecule has 1 aromatic rings. The van der Waals surface area contributed by atoms with Crippen LogP contribution in [0.4, 0.5) is 13.2 Å². The molecule has 1 aliphatic heterocycles. The van der Waals surface area contributed by atoms with Gasteiger partial charge in [0.05, 0.1) is 29.6 Å². The summed E-state index contributed by atoms with van der Waals surface area (Å²) in [5.41, 5.74) is -0.796. The minimum Gasteiger partial charge on any atom is -0.378 e. The van der Waals surface area contributed by atoms with Crippen LogP contribution in [0.3, 0.4) is 0 Å². The van der Waals surface area contributed by atoms with Crippen molar-refractivity contribution in [2.45, 2.75) is 11.2 Å². The van der Waals surface area contributed by atoms with Gasteiger partial charge in [0.25, 0.3) is 0 Å². The topological polar surface area (TPSA) is 42.4 Å². The molecule has 0 radical (unpaired) electrons. The summed E-state index contributed by atoms with van der Waals surface area (Å²) in [6, 6.07) is 2.23. The number of aromatic nitrogens is 1. The van der Waals surface area contributed by atoms with Gasteiger partial charge < -0.3 is 9.64 Å². The van der Waals surface area contributed by atoms with Gasteiger partial charge in [-0.05, 0) is 18.2 Å². The average Bonchev–Trinajstić information content (AvgIpc) is 2.51. The Morgan fingerprint density at radius 1 is 1.36 bits per heavy atom. The lowest BCUT2D eigenvalue weighted by Crippen LogP contribution is -2.32. The summed E-state index contributed by atoms with van der Waals surface area (Å²) < 4.78 is 42.4. The summed E-state index contributed by atoms with van der Waals surface area (Å²) in [4.78, 5) is 17.4. The zero-order valence-electron chi connectivity index (χ0n) is 11.7. The van der Waals surface area contributed by atoms with Crippen molar-refractivity contribution in [2.75, 3.05) is 32.1 Å². The molecule has 0 unspecified atom stereocenters. The number of thioether (sulfide) groups is 1. The van der Waals surface area contributed by atoms with Crippen LogP contribution in [0.25, 0.3) is 0 Å². The summed E-state index contributed by atoms with van der Waals surface area (Å²) in [5.74, 6) is 0.0253. The molecule has 1 aromatic heterocycles. The van der Waals surface area contributed by atoms with Gasteiger partial charge in [-0.15, -0.1) is 0 Å². The lowest BCUT2D eigenvalue weighted by atomic mass is 10.3. The number of nitrogens with zero attached hydrogens (tertiary/aromatic N) is 2. The Morgan fingerprint density at radius 2 is 2.09 bits per heavy atom. The van der Waals surface area contributed by atoms with E-state index in [1.54, 1.807) is 6.20 Å². The second kappa shape index (κ2) is 7.64. The van der Waals surface area contributed by atoms with Crippen molar-refractivity contribution in [3.8, 4) is 0 Å². The fraction of sp³-hybridized carbons (Fsp3) is 0.429. The number of hydrogen-bond acceptors (Lipinski definition) is 5. The molecular formula is C14H15F3N2O2S. The van der Waals surface area contributed by atoms with Crippen molar-refractivity contribution in [3.05, 3.63) is 36.2 Å². The number of morpholine rings is 1. The second-order valence-electron chi connectivity index (χ2n) is 4.60. The summed E-state index contributed by atoms with van der Waals surface area (Å²) in [5, 5.41) is 0.390. The van der Waals surface area contributed by atoms with Crippen LogP contribution in [0.1, 0.15) is 5.56 Å². The zero-order chi connectivity index (χ0) is 16.0. The Labute approximate surface area is 130 Å². The molecule has 2 heterocycles. The van der Waals surface area contributed by atoms with E-state index >= 15 is 0 Å². The Balaban J connectivity index is 1.79. The number of carbonyl (C=O) groups excluding carboxylic acids is 1. The van der Waals surface area contributed by atoms with Crippen molar-refractivity contribution in [1.29, 1.82) is 0 Å². The first-order chi connectivity index (χ1) is 10.4. The van der Waals surface area contributed by atoms with E-state index in [1.165, 1.54) is 12.1 Å². The van der Waals surface area contributed by atoms with Crippen molar-refractivity contribution in [2.24, 2.45) is 0 Å². The minimum atomic E-state index is -4.40. The standard InChI is InChI=1S/C14H15F3N2O2S/c15-14(16,17)11-1-2-13(18-9-11)22-10-12(20)3-4-19-5-7-21-8-6-19/h1-4,9H,5-8,10H2/b4-3-. The number of ether oxygens (including phenoxy) is 1. The van der Waals surface area contributed by atoms with Crippen molar-refractivity contribution in [1.82, 2.24) is 9.88 Å². The Kier molecular flexibility index (Phi) is 5.84. The summed E-state index contributed by atoms with van der Waals surface area (Å²) in [6.45, 7) is 2.78. The molecule has 1 saturated heterocycles. The summed E-state index contributed by atoms with van der Waals surface area (Å²) >= 11 is 1.11. The molecule has 0 bridgehead atoms. The van der Waals surface area contributed by atoms with Crippen LogP contribution >= 0.6 is 11.8 Å². The molecule has 4 nitrogen and oxygen atoms in total. The van der Waals surface area contributed by atoms with Crippen molar-refractivity contribution >= 4 is 17.5 Å². The molecule has 22 heavy (non-hydrogen) atoms. The molecule has 0 saturated carbocycles. The maximum Gasteiger partial charge on any atom is 0.417 e. The number of rotatable bonds is 5. The maximum atomic E-state index is 12.4. The molecule has 2 rings (SSSR count). The van der Waals surface area contributed by atoms with E-state index < -0.39 is 11.7 Å². The highest BCUT2D eigenvalue weighted by atomic mass is 32.2. The normalized spacial score (nSPS) is 16.2. The molecule has 0 N–H and O–H groups in total. The zero-order valence-corrected chi connectivity index (χ0v) is 12.5. The molecule has 8 heteroatoms. The highest BCUT2D eigenvalue weighted by molar-refractivity contribution is 7.99. The summed E-state index contributed by atoms with van der Waals surface area (Å²) in [7, 11) is 0. The van der Waals surface area contributed by atoms with E-state index in [0.717, 1.165) is 37.1 Å². The first kappa shape index (κ1) is 16.8. The molecule has 1 aliphatic rings. The van der Waals surface area contributed by atoms with Gasteiger partial charge >= 0.3 is 6.18 Å². The monoisotopic (exact) mass is 332 g/mol. The van der Waals surface area contributed by atoms with E-state index in [0.29, 0.717) is 18.2 Å². The largest absolute Gasteiger partial charge is 0.417 e. The number of ketones is 1. The van der Waals surface area contributed by atoms with Gasteiger partial charge in [0.15, 0.2) is 5.78 Å². The van der Waals surface area contributed by atoms with Gasteiger partial charge in [0.1, 0.15) is 0 Å². The van der Waals surface area contributed by atoms with Gasteiger partial charge in [-0.2, -0.15) is 13.2 Å². The Bertz CT molecular complexity index is 526. The van der Waals surface area contributed by atoms with Crippen LogP contribution in [0.15, 0.2) is 35.6 Å². The number of hydrogen-bond donors (Lipinski definition) is 0. The molecule has 0 atom stereocenters. The predicted molar refractivity (Wildman–Crippen MR) is 76.5 cm³/mol.